The van der Waals surface area contributed by atoms with Gasteiger partial charge in [-0.1, -0.05) is 18.2 Å². The lowest BCUT2D eigenvalue weighted by molar-refractivity contribution is -0.134. The number of sulfonamides is 2. The Morgan fingerprint density at radius 3 is 1.59 bits per heavy atom. The third kappa shape index (κ3) is 11.6. The first-order chi connectivity index (χ1) is 43.6. The minimum atomic E-state index is -3.80. The molecule has 0 fully saturated rings. The van der Waals surface area contributed by atoms with Crippen LogP contribution in [0.15, 0.2) is 158 Å². The monoisotopic (exact) mass is 1290 g/mol. The molecule has 6 aromatic carbocycles. The lowest BCUT2D eigenvalue weighted by atomic mass is 10.00. The van der Waals surface area contributed by atoms with Crippen LogP contribution in [0.5, 0.6) is 5.75 Å². The van der Waals surface area contributed by atoms with E-state index in [0.29, 0.717) is 61.8 Å². The van der Waals surface area contributed by atoms with Crippen LogP contribution in [0, 0.1) is 23.3 Å². The Bertz CT molecular complexity index is 5390. The number of nitrogens with one attached hydrogen (secondary N) is 2. The zero-order valence-corrected chi connectivity index (χ0v) is 51.1. The second-order valence-electron chi connectivity index (χ2n) is 21.2. The highest BCUT2D eigenvalue weighted by Crippen LogP contribution is 2.45. The minimum absolute atomic E-state index is 0.129. The Morgan fingerprint density at radius 1 is 0.598 bits per heavy atom. The first-order valence-electron chi connectivity index (χ1n) is 27.6. The van der Waals surface area contributed by atoms with Crippen molar-refractivity contribution >= 4 is 110 Å². The van der Waals surface area contributed by atoms with Crippen LogP contribution in [-0.2, 0) is 31.3 Å². The summed E-state index contributed by atoms with van der Waals surface area (Å²) in [6.45, 7) is 1.08. The van der Waals surface area contributed by atoms with Crippen molar-refractivity contribution in [2.75, 3.05) is 49.3 Å². The predicted molar refractivity (Wildman–Crippen MR) is 340 cm³/mol. The molecule has 1 aliphatic rings. The maximum absolute atomic E-state index is 14.7. The van der Waals surface area contributed by atoms with Gasteiger partial charge in [0.15, 0.2) is 5.58 Å². The number of carbonyl (C=O) groups excluding carboxylic acids is 2. The summed E-state index contributed by atoms with van der Waals surface area (Å²) < 4.78 is 129. The summed E-state index contributed by atoms with van der Waals surface area (Å²) >= 11 is 0. The predicted octanol–water partition coefficient (Wildman–Crippen LogP) is 11.8. The van der Waals surface area contributed by atoms with Gasteiger partial charge in [-0.25, -0.2) is 53.6 Å². The van der Waals surface area contributed by atoms with Crippen LogP contribution in [0.2, 0.25) is 0 Å². The van der Waals surface area contributed by atoms with Gasteiger partial charge >= 0.3 is 5.76 Å². The van der Waals surface area contributed by atoms with E-state index in [9.17, 15) is 53.9 Å². The van der Waals surface area contributed by atoms with Gasteiger partial charge < -0.3 is 34.1 Å². The molecule has 4 N–H and O–H groups in total. The number of aliphatic carboxylic acids is 1. The van der Waals surface area contributed by atoms with Gasteiger partial charge in [0.25, 0.3) is 17.8 Å². The van der Waals surface area contributed by atoms with E-state index in [1.165, 1.54) is 136 Å². The molecule has 0 unspecified atom stereocenters. The Kier molecular flexibility index (Phi) is 16.3. The van der Waals surface area contributed by atoms with Crippen LogP contribution < -0.4 is 25.0 Å². The Labute approximate surface area is 520 Å². The number of furan rings is 2. The quantitative estimate of drug-likeness (QED) is 0.0876. The molecule has 6 aromatic heterocycles. The highest BCUT2D eigenvalue weighted by Gasteiger charge is 2.30. The van der Waals surface area contributed by atoms with Gasteiger partial charge in [-0.15, -0.1) is 0 Å². The molecule has 0 aliphatic heterocycles. The number of carbonyl (C=O) groups is 3. The van der Waals surface area contributed by atoms with Gasteiger partial charge in [0.1, 0.15) is 62.9 Å². The van der Waals surface area contributed by atoms with Crippen molar-refractivity contribution in [2.24, 2.45) is 0 Å². The number of nitrogens with zero attached hydrogens (tertiary/aromatic N) is 5. The fraction of sp³-hybridized carbons (Fsp3) is 0.121. The Morgan fingerprint density at radius 2 is 1.09 bits per heavy atom. The number of fused-ring (bicyclic) bond motifs is 8. The van der Waals surface area contributed by atoms with E-state index < -0.39 is 61.0 Å². The van der Waals surface area contributed by atoms with E-state index in [2.05, 4.69) is 10.6 Å². The van der Waals surface area contributed by atoms with Crippen LogP contribution in [0.25, 0.3) is 106 Å². The third-order valence-electron chi connectivity index (χ3n) is 15.3. The molecule has 20 nitrogen and oxygen atoms in total. The molecular weight excluding hydrogens is 1240 g/mol. The number of hydrogen-bond acceptors (Lipinski definition) is 14. The average molecular weight is 1290 g/mol. The van der Waals surface area contributed by atoms with Crippen LogP contribution in [0.3, 0.4) is 0 Å². The van der Waals surface area contributed by atoms with Gasteiger partial charge in [-0.05, 0) is 126 Å². The first kappa shape index (κ1) is 62.5. The van der Waals surface area contributed by atoms with Crippen LogP contribution in [-0.4, -0.2) is 99.9 Å². The van der Waals surface area contributed by atoms with E-state index in [4.69, 9.17) is 33.1 Å². The number of anilines is 2. The maximum Gasteiger partial charge on any atom is 0.424 e. The zero-order chi connectivity index (χ0) is 66.0. The zero-order valence-electron chi connectivity index (χ0n) is 49.5. The molecule has 1 aliphatic carbocycles. The number of allylic oxidation sites excluding steroid dienone is 1. The van der Waals surface area contributed by atoms with E-state index >= 15 is 0 Å². The van der Waals surface area contributed by atoms with Crippen molar-refractivity contribution < 1.29 is 72.2 Å². The second-order valence-corrected chi connectivity index (χ2v) is 25.2. The number of hydrogen-bond donors (Lipinski definition) is 4. The number of carboxylic acid groups (broad SMARTS) is 1. The standard InChI is InChI=1S/C32H22F2N4O6S.C32H25F2N3O5S.C2H4O2/c1-35-31(39)28-20-13-19(24(37(2)45(3,41)42)15-27(20)43-30(28)16-7-9-17(33)10-8-16)22-11-12-26-29(36-22)25-14-18-21(34)5-4-6-23(18)38(25)32(40)44-26;1-35-32(39)29-23-15-22(25-11-12-27(38)30(36-25)19-13-18-5-4-6-24(34)21(18)14-19)26(37(2)43(3,40)41)16-28(23)42-31(29)17-7-9-20(33)10-8-17;1-2(3)4/h4-15H,1-3H3,(H,35,39);4-12,14-16,38H,13H2,1-3H3,(H,35,39);1H3,(H,3,4). The van der Waals surface area contributed by atoms with Gasteiger partial charge in [0.05, 0.1) is 57.4 Å². The SMILES string of the molecule is CC(=O)O.CNC(=O)c1c(-c2ccc(F)cc2)oc2cc(N(C)S(C)(=O)=O)c(-c3ccc(O)c(C4=Cc5c(F)cccc5C4)n3)cc12.CNC(=O)c1c(-c2ccc(F)cc2)oc2cc(N(C)S(C)(=O)=O)c(-c3ccc4oc(=O)n5c6cccc(F)c6cc5c4n3)cc12. The van der Waals surface area contributed by atoms with Gasteiger partial charge in [0.2, 0.25) is 20.0 Å². The molecule has 2 amide bonds. The molecule has 468 valence electrons. The lowest BCUT2D eigenvalue weighted by Gasteiger charge is -2.20. The molecule has 6 heterocycles. The Balaban J connectivity index is 0.000000178. The third-order valence-corrected chi connectivity index (χ3v) is 17.6. The molecular formula is C66H51F4N7O13S2. The topological polar surface area (TPSA) is 277 Å². The van der Waals surface area contributed by atoms with Gasteiger partial charge in [-0.3, -0.25) is 23.0 Å². The van der Waals surface area contributed by atoms with E-state index in [1.54, 1.807) is 42.5 Å². The minimum Gasteiger partial charge on any atom is -0.506 e. The molecule has 0 spiro atoms. The smallest absolute Gasteiger partial charge is 0.424 e. The molecule has 0 atom stereocenters. The molecule has 0 bridgehead atoms. The summed E-state index contributed by atoms with van der Waals surface area (Å²) in [6.07, 6.45) is 4.07. The summed E-state index contributed by atoms with van der Waals surface area (Å²) in [5.74, 6) is -4.15. The van der Waals surface area contributed by atoms with Crippen LogP contribution in [0.1, 0.15) is 44.5 Å². The molecule has 92 heavy (non-hydrogen) atoms. The van der Waals surface area contributed by atoms with Gasteiger partial charge in [0, 0.05) is 97.6 Å². The number of aromatic hydroxyl groups is 1. The van der Waals surface area contributed by atoms with Crippen LogP contribution in [0.4, 0.5) is 28.9 Å². The number of rotatable bonds is 11. The second kappa shape index (κ2) is 24.0. The normalized spacial score (nSPS) is 12.1. The maximum atomic E-state index is 14.7. The average Bonchev–Trinajstić information content (AvgIpc) is 1.55. The van der Waals surface area contributed by atoms with E-state index in [0.717, 1.165) is 33.6 Å². The molecule has 0 saturated heterocycles. The van der Waals surface area contributed by atoms with Crippen molar-refractivity contribution in [2.45, 2.75) is 13.3 Å². The number of pyridine rings is 2. The number of carboxylic acids is 1. The van der Waals surface area contributed by atoms with Crippen molar-refractivity contribution in [1.29, 1.82) is 0 Å². The fourth-order valence-electron chi connectivity index (χ4n) is 10.7. The number of aromatic nitrogens is 3. The summed E-state index contributed by atoms with van der Waals surface area (Å²) in [6, 6.07) is 33.7. The van der Waals surface area contributed by atoms with Crippen molar-refractivity contribution in [3.63, 3.8) is 0 Å². The number of amides is 2. The van der Waals surface area contributed by atoms with Crippen molar-refractivity contribution in [3.05, 3.63) is 201 Å². The Hall–Kier alpha value is -11.1. The van der Waals surface area contributed by atoms with Crippen molar-refractivity contribution in [1.82, 2.24) is 25.0 Å². The first-order valence-corrected chi connectivity index (χ1v) is 31.3. The van der Waals surface area contributed by atoms with Gasteiger partial charge in [-0.2, -0.15) is 0 Å². The molecule has 26 heteroatoms. The molecule has 13 rings (SSSR count). The number of benzene rings is 6. The summed E-state index contributed by atoms with van der Waals surface area (Å²) in [7, 11) is -1.91. The van der Waals surface area contributed by atoms with E-state index in [-0.39, 0.29) is 90.1 Å². The fourth-order valence-corrected chi connectivity index (χ4v) is 11.8. The highest BCUT2D eigenvalue weighted by molar-refractivity contribution is 7.92. The van der Waals surface area contributed by atoms with E-state index in [1.807, 2.05) is 0 Å². The van der Waals surface area contributed by atoms with Crippen molar-refractivity contribution in [3.8, 4) is 50.9 Å². The summed E-state index contributed by atoms with van der Waals surface area (Å²) in [5.41, 5.74) is 6.12. The largest absolute Gasteiger partial charge is 0.506 e. The summed E-state index contributed by atoms with van der Waals surface area (Å²) in [4.78, 5) is 57.7. The summed E-state index contributed by atoms with van der Waals surface area (Å²) in [5, 5.41) is 24.3. The molecule has 0 radical (unpaired) electrons. The molecule has 12 aromatic rings. The van der Waals surface area contributed by atoms with Crippen LogP contribution >= 0.6 is 0 Å². The number of halogens is 4. The molecule has 0 saturated carbocycles. The lowest BCUT2D eigenvalue weighted by Crippen LogP contribution is -2.25. The highest BCUT2D eigenvalue weighted by atomic mass is 32.2.